The molecule has 0 saturated carbocycles. The first kappa shape index (κ1) is 15.0. The number of hydrogen-bond acceptors (Lipinski definition) is 4. The Morgan fingerprint density at radius 1 is 1.00 bits per heavy atom. The van der Waals surface area contributed by atoms with Crippen molar-refractivity contribution in [3.63, 3.8) is 0 Å². The van der Waals surface area contributed by atoms with Gasteiger partial charge in [0.05, 0.1) is 19.2 Å². The van der Waals surface area contributed by atoms with Gasteiger partial charge in [-0.15, -0.1) is 0 Å². The Kier molecular flexibility index (Phi) is 4.52. The molecule has 0 radical (unpaired) electrons. The third kappa shape index (κ3) is 3.66. The van der Waals surface area contributed by atoms with Gasteiger partial charge in [-0.3, -0.25) is 0 Å². The Balaban J connectivity index is 1.59. The molecule has 0 atom stereocenters. The molecule has 2 aromatic carbocycles. The van der Waals surface area contributed by atoms with Crippen LogP contribution in [0.4, 0.5) is 0 Å². The first-order valence-electron chi connectivity index (χ1n) is 7.42. The van der Waals surface area contributed by atoms with Crippen LogP contribution in [-0.4, -0.2) is 24.7 Å². The van der Waals surface area contributed by atoms with E-state index in [0.717, 1.165) is 22.2 Å². The summed E-state index contributed by atoms with van der Waals surface area (Å²) in [6, 6.07) is 18.9. The molecule has 0 aliphatic carbocycles. The second-order valence-electron chi connectivity index (χ2n) is 5.12. The molecule has 0 unspecified atom stereocenters. The largest absolute Gasteiger partial charge is 0.497 e. The lowest BCUT2D eigenvalue weighted by Gasteiger charge is -2.06. The Hall–Kier alpha value is -2.88. The maximum Gasteiger partial charge on any atom is 0.356 e. The van der Waals surface area contributed by atoms with Crippen molar-refractivity contribution in [2.45, 2.75) is 6.42 Å². The van der Waals surface area contributed by atoms with Gasteiger partial charge in [-0.1, -0.05) is 36.4 Å². The predicted molar refractivity (Wildman–Crippen MR) is 88.7 cm³/mol. The van der Waals surface area contributed by atoms with Crippen molar-refractivity contribution < 1.29 is 14.3 Å². The lowest BCUT2D eigenvalue weighted by molar-refractivity contribution is 0.0503. The average Bonchev–Trinajstić information content (AvgIpc) is 2.61. The first-order chi connectivity index (χ1) is 11.3. The third-order valence-electron chi connectivity index (χ3n) is 3.59. The zero-order valence-electron chi connectivity index (χ0n) is 12.9. The highest BCUT2D eigenvalue weighted by Crippen LogP contribution is 2.13. The molecule has 0 spiro atoms. The molecule has 4 heteroatoms. The number of methoxy groups -OCH3 is 1. The van der Waals surface area contributed by atoms with E-state index < -0.39 is 5.97 Å². The van der Waals surface area contributed by atoms with E-state index in [-0.39, 0.29) is 0 Å². The van der Waals surface area contributed by atoms with E-state index in [1.54, 1.807) is 13.2 Å². The second kappa shape index (κ2) is 6.92. The van der Waals surface area contributed by atoms with Gasteiger partial charge in [0.25, 0.3) is 0 Å². The third-order valence-corrected chi connectivity index (χ3v) is 3.59. The quantitative estimate of drug-likeness (QED) is 0.675. The van der Waals surface area contributed by atoms with Crippen LogP contribution in [0.15, 0.2) is 60.7 Å². The minimum Gasteiger partial charge on any atom is -0.497 e. The molecule has 0 saturated heterocycles. The molecule has 4 nitrogen and oxygen atoms in total. The van der Waals surface area contributed by atoms with E-state index in [2.05, 4.69) is 4.98 Å². The number of rotatable bonds is 5. The van der Waals surface area contributed by atoms with E-state index in [9.17, 15) is 4.79 Å². The SMILES string of the molecule is COc1ccc(CCOC(=O)c2ccc3ccccc3n2)cc1. The highest BCUT2D eigenvalue weighted by Gasteiger charge is 2.09. The average molecular weight is 307 g/mol. The maximum atomic E-state index is 12.1. The van der Waals surface area contributed by atoms with Crippen molar-refractivity contribution in [2.75, 3.05) is 13.7 Å². The van der Waals surface area contributed by atoms with Gasteiger partial charge in [0, 0.05) is 11.8 Å². The molecule has 0 fully saturated rings. The fourth-order valence-electron chi connectivity index (χ4n) is 2.31. The summed E-state index contributed by atoms with van der Waals surface area (Å²) < 4.78 is 10.4. The van der Waals surface area contributed by atoms with E-state index in [0.29, 0.717) is 18.7 Å². The van der Waals surface area contributed by atoms with Gasteiger partial charge in [0.2, 0.25) is 0 Å². The smallest absolute Gasteiger partial charge is 0.356 e. The number of fused-ring (bicyclic) bond motifs is 1. The van der Waals surface area contributed by atoms with Crippen molar-refractivity contribution >= 4 is 16.9 Å². The topological polar surface area (TPSA) is 48.4 Å². The van der Waals surface area contributed by atoms with Crippen molar-refractivity contribution in [3.8, 4) is 5.75 Å². The standard InChI is InChI=1S/C19H17NO3/c1-22-16-9-6-14(7-10-16)12-13-23-19(21)18-11-8-15-4-2-3-5-17(15)20-18/h2-11H,12-13H2,1H3. The van der Waals surface area contributed by atoms with Crippen LogP contribution in [0.25, 0.3) is 10.9 Å². The van der Waals surface area contributed by atoms with E-state index in [4.69, 9.17) is 9.47 Å². The number of esters is 1. The number of benzene rings is 2. The lowest BCUT2D eigenvalue weighted by Crippen LogP contribution is -2.10. The molecular formula is C19H17NO3. The number of nitrogens with zero attached hydrogens (tertiary/aromatic N) is 1. The van der Waals surface area contributed by atoms with Crippen LogP contribution in [-0.2, 0) is 11.2 Å². The summed E-state index contributed by atoms with van der Waals surface area (Å²) in [5.41, 5.74) is 2.21. The highest BCUT2D eigenvalue weighted by molar-refractivity contribution is 5.90. The first-order valence-corrected chi connectivity index (χ1v) is 7.42. The Labute approximate surface area is 134 Å². The molecule has 116 valence electrons. The van der Waals surface area contributed by atoms with Gasteiger partial charge in [-0.25, -0.2) is 9.78 Å². The zero-order valence-corrected chi connectivity index (χ0v) is 12.9. The number of aromatic nitrogens is 1. The van der Waals surface area contributed by atoms with Crippen LogP contribution in [0.3, 0.4) is 0 Å². The summed E-state index contributed by atoms with van der Waals surface area (Å²) in [6.45, 7) is 0.319. The number of carbonyl (C=O) groups excluding carboxylic acids is 1. The Bertz CT molecular complexity index is 812. The normalized spacial score (nSPS) is 10.5. The van der Waals surface area contributed by atoms with Gasteiger partial charge in [-0.05, 0) is 29.8 Å². The predicted octanol–water partition coefficient (Wildman–Crippen LogP) is 3.64. The maximum absolute atomic E-state index is 12.1. The monoisotopic (exact) mass is 307 g/mol. The number of hydrogen-bond donors (Lipinski definition) is 0. The van der Waals surface area contributed by atoms with Gasteiger partial charge in [0.1, 0.15) is 11.4 Å². The van der Waals surface area contributed by atoms with Gasteiger partial charge < -0.3 is 9.47 Å². The summed E-state index contributed by atoms with van der Waals surface area (Å²) in [5, 5.41) is 1.00. The van der Waals surface area contributed by atoms with Crippen molar-refractivity contribution in [1.82, 2.24) is 4.98 Å². The molecule has 1 heterocycles. The number of para-hydroxylation sites is 1. The summed E-state index contributed by atoms with van der Waals surface area (Å²) >= 11 is 0. The molecule has 3 rings (SSSR count). The summed E-state index contributed by atoms with van der Waals surface area (Å²) in [5.74, 6) is 0.412. The molecule has 0 bridgehead atoms. The van der Waals surface area contributed by atoms with Crippen molar-refractivity contribution in [1.29, 1.82) is 0 Å². The van der Waals surface area contributed by atoms with Crippen LogP contribution < -0.4 is 4.74 Å². The van der Waals surface area contributed by atoms with Crippen molar-refractivity contribution in [3.05, 3.63) is 71.9 Å². The fourth-order valence-corrected chi connectivity index (χ4v) is 2.31. The van der Waals surface area contributed by atoms with Gasteiger partial charge in [-0.2, -0.15) is 0 Å². The molecule has 0 N–H and O–H groups in total. The summed E-state index contributed by atoms with van der Waals surface area (Å²) in [4.78, 5) is 16.4. The minimum atomic E-state index is -0.399. The van der Waals surface area contributed by atoms with E-state index in [1.165, 1.54) is 0 Å². The van der Waals surface area contributed by atoms with Crippen LogP contribution >= 0.6 is 0 Å². The number of carbonyl (C=O) groups is 1. The molecule has 3 aromatic rings. The van der Waals surface area contributed by atoms with Gasteiger partial charge >= 0.3 is 5.97 Å². The Morgan fingerprint density at radius 3 is 2.57 bits per heavy atom. The summed E-state index contributed by atoms with van der Waals surface area (Å²) in [7, 11) is 1.63. The van der Waals surface area contributed by atoms with Gasteiger partial charge in [0.15, 0.2) is 0 Å². The van der Waals surface area contributed by atoms with Crippen LogP contribution in [0.5, 0.6) is 5.75 Å². The molecule has 23 heavy (non-hydrogen) atoms. The van der Waals surface area contributed by atoms with Crippen LogP contribution in [0.1, 0.15) is 16.1 Å². The highest BCUT2D eigenvalue weighted by atomic mass is 16.5. The molecular weight excluding hydrogens is 290 g/mol. The number of ether oxygens (including phenoxy) is 2. The second-order valence-corrected chi connectivity index (χ2v) is 5.12. The van der Waals surface area contributed by atoms with Crippen molar-refractivity contribution in [2.24, 2.45) is 0 Å². The number of pyridine rings is 1. The van der Waals surface area contributed by atoms with Crippen LogP contribution in [0.2, 0.25) is 0 Å². The molecule has 0 amide bonds. The molecule has 1 aromatic heterocycles. The fraction of sp³-hybridized carbons (Fsp3) is 0.158. The van der Waals surface area contributed by atoms with Crippen LogP contribution in [0, 0.1) is 0 Å². The summed E-state index contributed by atoms with van der Waals surface area (Å²) in [6.07, 6.45) is 0.656. The molecule has 0 aliphatic rings. The Morgan fingerprint density at radius 2 is 1.78 bits per heavy atom. The van der Waals surface area contributed by atoms with E-state index >= 15 is 0 Å². The lowest BCUT2D eigenvalue weighted by atomic mass is 10.1. The van der Waals surface area contributed by atoms with E-state index in [1.807, 2.05) is 54.6 Å². The zero-order chi connectivity index (χ0) is 16.1. The minimum absolute atomic E-state index is 0.319. The molecule has 0 aliphatic heterocycles.